The first kappa shape index (κ1) is 33.1. The summed E-state index contributed by atoms with van der Waals surface area (Å²) < 4.78 is 33.5. The Bertz CT molecular complexity index is 1640. The number of amides is 3. The summed E-state index contributed by atoms with van der Waals surface area (Å²) in [6, 6.07) is 13.3. The first-order chi connectivity index (χ1) is 21.2. The highest BCUT2D eigenvalue weighted by Gasteiger charge is 2.38. The summed E-state index contributed by atoms with van der Waals surface area (Å²) in [4.78, 5) is 41.0. The number of benzene rings is 2. The number of nitrogens with one attached hydrogen (secondary N) is 2. The summed E-state index contributed by atoms with van der Waals surface area (Å²) in [5, 5.41) is 18.6. The van der Waals surface area contributed by atoms with E-state index in [1.165, 1.54) is 0 Å². The SMILES string of the molecule is Cc1cc(C(=O)N2Cc3cnn(C)c3Nc3ccccc32)ccc1CNC(=O)N1CCCC1=C([S])N(C)C.O=C(O)C(F)(F)F. The topological polar surface area (TPSA) is 123 Å². The van der Waals surface area contributed by atoms with Gasteiger partial charge >= 0.3 is 18.2 Å². The van der Waals surface area contributed by atoms with Crippen LogP contribution in [0.2, 0.25) is 0 Å². The molecule has 2 aliphatic rings. The lowest BCUT2D eigenvalue weighted by atomic mass is 10.0. The average Bonchev–Trinajstić information content (AvgIpc) is 3.57. The number of carboxylic acids is 1. The molecule has 11 nitrogen and oxygen atoms in total. The highest BCUT2D eigenvalue weighted by molar-refractivity contribution is 7.84. The lowest BCUT2D eigenvalue weighted by Gasteiger charge is -2.24. The van der Waals surface area contributed by atoms with Gasteiger partial charge in [-0.15, -0.1) is 0 Å². The fourth-order valence-electron chi connectivity index (χ4n) is 4.97. The van der Waals surface area contributed by atoms with Crippen LogP contribution in [0.15, 0.2) is 59.4 Å². The number of nitrogens with zero attached hydrogens (tertiary/aromatic N) is 5. The number of hydrogen-bond acceptors (Lipinski definition) is 6. The Morgan fingerprint density at radius 2 is 1.82 bits per heavy atom. The molecule has 45 heavy (non-hydrogen) atoms. The van der Waals surface area contributed by atoms with Crippen LogP contribution in [0.3, 0.4) is 0 Å². The number of rotatable bonds is 4. The summed E-state index contributed by atoms with van der Waals surface area (Å²) in [6.45, 7) is 3.40. The molecule has 0 bridgehead atoms. The van der Waals surface area contributed by atoms with Gasteiger partial charge in [0, 0.05) is 45.4 Å². The smallest absolute Gasteiger partial charge is 0.475 e. The van der Waals surface area contributed by atoms with Crippen molar-refractivity contribution in [1.29, 1.82) is 0 Å². The van der Waals surface area contributed by atoms with Crippen molar-refractivity contribution in [2.24, 2.45) is 7.05 Å². The van der Waals surface area contributed by atoms with Crippen LogP contribution < -0.4 is 15.5 Å². The lowest BCUT2D eigenvalue weighted by Crippen LogP contribution is -2.37. The third-order valence-electron chi connectivity index (χ3n) is 7.32. The molecule has 1 saturated heterocycles. The number of para-hydroxylation sites is 2. The van der Waals surface area contributed by atoms with Gasteiger partial charge in [-0.3, -0.25) is 14.4 Å². The van der Waals surface area contributed by atoms with Crippen molar-refractivity contribution in [2.75, 3.05) is 30.9 Å². The number of alkyl halides is 3. The molecule has 3 N–H and O–H groups in total. The van der Waals surface area contributed by atoms with E-state index in [2.05, 4.69) is 15.7 Å². The summed E-state index contributed by atoms with van der Waals surface area (Å²) in [6.07, 6.45) is -1.59. The van der Waals surface area contributed by atoms with Crippen molar-refractivity contribution < 1.29 is 32.7 Å². The Morgan fingerprint density at radius 1 is 1.13 bits per heavy atom. The lowest BCUT2D eigenvalue weighted by molar-refractivity contribution is -0.192. The van der Waals surface area contributed by atoms with Crippen molar-refractivity contribution in [3.05, 3.63) is 81.6 Å². The van der Waals surface area contributed by atoms with Gasteiger partial charge in [-0.1, -0.05) is 30.8 Å². The molecule has 0 saturated carbocycles. The zero-order valence-electron chi connectivity index (χ0n) is 25.1. The fraction of sp³-hybridized carbons (Fsp3) is 0.333. The number of aliphatic carboxylic acids is 1. The standard InChI is InChI=1S/C28H32N7O2S.C2HF3O2/c1-18-14-19(11-12-20(18)15-29-28(37)34-13-7-10-24(34)27(38)32(2)3)26(36)35-17-21-16-30-33(4)25(21)31-22-8-5-6-9-23(22)35;3-2(4,5)1(6)7/h5-6,8-9,11-12,14,16,31H,7,10,13,15,17H2,1-4H3,(H,29,37);(H,6,7). The van der Waals surface area contributed by atoms with Crippen molar-refractivity contribution >= 4 is 47.7 Å². The predicted molar refractivity (Wildman–Crippen MR) is 165 cm³/mol. The third-order valence-corrected chi connectivity index (χ3v) is 7.92. The van der Waals surface area contributed by atoms with Crippen molar-refractivity contribution in [2.45, 2.75) is 39.0 Å². The molecule has 3 aromatic rings. The molecular formula is C30H33F3N7O4S. The fourth-order valence-corrected chi connectivity index (χ4v) is 5.18. The van der Waals surface area contributed by atoms with Crippen LogP contribution >= 0.6 is 12.6 Å². The zero-order valence-corrected chi connectivity index (χ0v) is 25.9. The molecule has 1 radical (unpaired) electrons. The van der Waals surface area contributed by atoms with Gasteiger partial charge in [0.1, 0.15) is 10.8 Å². The number of aryl methyl sites for hydroxylation is 2. The van der Waals surface area contributed by atoms with Crippen molar-refractivity contribution in [3.8, 4) is 0 Å². The molecule has 3 amide bonds. The maximum absolute atomic E-state index is 13.8. The molecule has 0 spiro atoms. The quantitative estimate of drug-likeness (QED) is 0.343. The van der Waals surface area contributed by atoms with E-state index >= 15 is 0 Å². The Hall–Kier alpha value is -4.79. The number of carbonyl (C=O) groups excluding carboxylic acids is 2. The largest absolute Gasteiger partial charge is 0.490 e. The molecule has 3 heterocycles. The molecule has 2 aliphatic heterocycles. The van der Waals surface area contributed by atoms with Gasteiger partial charge in [0.2, 0.25) is 0 Å². The molecule has 1 aromatic heterocycles. The van der Waals surface area contributed by atoms with Crippen LogP contribution in [0.25, 0.3) is 0 Å². The number of carbonyl (C=O) groups is 3. The van der Waals surface area contributed by atoms with Crippen molar-refractivity contribution in [3.63, 3.8) is 0 Å². The monoisotopic (exact) mass is 644 g/mol. The minimum absolute atomic E-state index is 0.0943. The van der Waals surface area contributed by atoms with E-state index in [1.54, 1.807) is 20.7 Å². The molecule has 5 rings (SSSR count). The van der Waals surface area contributed by atoms with Crippen LogP contribution in [-0.2, 0) is 24.9 Å². The molecule has 239 valence electrons. The molecule has 15 heteroatoms. The highest BCUT2D eigenvalue weighted by atomic mass is 32.1. The normalized spacial score (nSPS) is 15.1. The third kappa shape index (κ3) is 7.48. The number of likely N-dealkylation sites (tertiary alicyclic amines) is 1. The Balaban J connectivity index is 0.000000591. The number of fused-ring (bicyclic) bond motifs is 2. The Labute approximate surface area is 263 Å². The molecule has 2 aromatic carbocycles. The second-order valence-corrected chi connectivity index (χ2v) is 11.1. The summed E-state index contributed by atoms with van der Waals surface area (Å²) >= 11 is 5.50. The van der Waals surface area contributed by atoms with Gasteiger partial charge < -0.3 is 25.5 Å². The van der Waals surface area contributed by atoms with Crippen LogP contribution in [0, 0.1) is 6.92 Å². The van der Waals surface area contributed by atoms with Crippen LogP contribution in [-0.4, -0.2) is 69.4 Å². The zero-order chi connectivity index (χ0) is 33.1. The molecule has 1 fully saturated rings. The number of allylic oxidation sites excluding steroid dienone is 1. The molecule has 0 aliphatic carbocycles. The summed E-state index contributed by atoms with van der Waals surface area (Å²) in [7, 11) is 5.67. The van der Waals surface area contributed by atoms with E-state index < -0.39 is 12.1 Å². The van der Waals surface area contributed by atoms with Gasteiger partial charge in [-0.2, -0.15) is 18.3 Å². The van der Waals surface area contributed by atoms with Crippen LogP contribution in [0.4, 0.5) is 35.2 Å². The number of carboxylic acid groups (broad SMARTS) is 1. The average molecular weight is 645 g/mol. The van der Waals surface area contributed by atoms with E-state index in [0.717, 1.165) is 52.4 Å². The maximum Gasteiger partial charge on any atom is 0.490 e. The van der Waals surface area contributed by atoms with Gasteiger partial charge in [-0.25, -0.2) is 9.59 Å². The Kier molecular flexibility index (Phi) is 9.91. The number of hydrogen-bond donors (Lipinski definition) is 3. The maximum atomic E-state index is 13.8. The summed E-state index contributed by atoms with van der Waals surface area (Å²) in [5.41, 5.74) is 5.99. The first-order valence-corrected chi connectivity index (χ1v) is 14.3. The number of urea groups is 1. The molecule has 0 atom stereocenters. The number of halogens is 3. The second-order valence-electron chi connectivity index (χ2n) is 10.7. The van der Waals surface area contributed by atoms with Crippen molar-refractivity contribution in [1.82, 2.24) is 24.9 Å². The van der Waals surface area contributed by atoms with Crippen LogP contribution in [0.1, 0.15) is 39.9 Å². The van der Waals surface area contributed by atoms with Gasteiger partial charge in [0.05, 0.1) is 29.8 Å². The van der Waals surface area contributed by atoms with Gasteiger partial charge in [-0.05, 0) is 55.2 Å². The van der Waals surface area contributed by atoms with E-state index in [9.17, 15) is 22.8 Å². The first-order valence-electron chi connectivity index (χ1n) is 13.9. The molecular weight excluding hydrogens is 611 g/mol. The highest BCUT2D eigenvalue weighted by Crippen LogP contribution is 2.36. The minimum atomic E-state index is -5.08. The minimum Gasteiger partial charge on any atom is -0.475 e. The van der Waals surface area contributed by atoms with Gasteiger partial charge in [0.25, 0.3) is 5.91 Å². The van der Waals surface area contributed by atoms with E-state index in [1.807, 2.05) is 75.4 Å². The predicted octanol–water partition coefficient (Wildman–Crippen LogP) is 5.50. The van der Waals surface area contributed by atoms with Crippen LogP contribution in [0.5, 0.6) is 0 Å². The van der Waals surface area contributed by atoms with E-state index in [0.29, 0.717) is 30.2 Å². The van der Waals surface area contributed by atoms with E-state index in [4.69, 9.17) is 22.5 Å². The summed E-state index contributed by atoms with van der Waals surface area (Å²) in [5.74, 6) is -1.98. The molecule has 0 unspecified atom stereocenters. The number of anilines is 3. The Morgan fingerprint density at radius 3 is 2.47 bits per heavy atom. The second kappa shape index (κ2) is 13.5. The van der Waals surface area contributed by atoms with Gasteiger partial charge in [0.15, 0.2) is 0 Å². The number of aromatic nitrogens is 2. The van der Waals surface area contributed by atoms with E-state index in [-0.39, 0.29) is 11.9 Å².